The third-order valence-electron chi connectivity index (χ3n) is 2.06. The molecule has 0 saturated carbocycles. The Morgan fingerprint density at radius 1 is 1.39 bits per heavy atom. The summed E-state index contributed by atoms with van der Waals surface area (Å²) in [6.45, 7) is 5.71. The number of carboxylic acid groups (broad SMARTS) is 1. The number of furan rings is 1. The first-order valence-corrected chi connectivity index (χ1v) is 5.83. The van der Waals surface area contributed by atoms with Crippen molar-refractivity contribution < 1.29 is 19.1 Å². The fourth-order valence-corrected chi connectivity index (χ4v) is 1.67. The second-order valence-electron chi connectivity index (χ2n) is 5.22. The molecule has 0 bridgehead atoms. The minimum Gasteiger partial charge on any atom is -0.480 e. The monoisotopic (exact) mass is 273 g/mol. The van der Waals surface area contributed by atoms with Crippen molar-refractivity contribution in [3.05, 3.63) is 23.1 Å². The van der Waals surface area contributed by atoms with Crippen molar-refractivity contribution >= 4 is 23.5 Å². The lowest BCUT2D eigenvalue weighted by molar-refractivity contribution is -0.138. The average molecular weight is 274 g/mol. The molecule has 0 aliphatic rings. The Hall–Kier alpha value is -1.49. The number of rotatable bonds is 4. The fourth-order valence-electron chi connectivity index (χ4n) is 1.52. The van der Waals surface area contributed by atoms with E-state index in [1.165, 1.54) is 17.0 Å². The molecular weight excluding hydrogens is 258 g/mol. The van der Waals surface area contributed by atoms with Gasteiger partial charge in [-0.1, -0.05) is 20.8 Å². The number of carbonyl (C=O) groups is 2. The van der Waals surface area contributed by atoms with Gasteiger partial charge in [0.05, 0.1) is 0 Å². The van der Waals surface area contributed by atoms with Gasteiger partial charge in [-0.25, -0.2) is 0 Å². The zero-order chi connectivity index (χ0) is 13.9. The number of halogens is 1. The van der Waals surface area contributed by atoms with E-state index in [2.05, 4.69) is 0 Å². The van der Waals surface area contributed by atoms with Crippen molar-refractivity contribution in [2.75, 3.05) is 13.1 Å². The normalized spacial score (nSPS) is 11.3. The summed E-state index contributed by atoms with van der Waals surface area (Å²) in [6, 6.07) is 2.88. The van der Waals surface area contributed by atoms with Crippen LogP contribution in [-0.4, -0.2) is 35.0 Å². The maximum Gasteiger partial charge on any atom is 0.323 e. The Bertz CT molecular complexity index is 447. The molecule has 0 fully saturated rings. The fraction of sp³-hybridized carbons (Fsp3) is 0.500. The molecule has 0 atom stereocenters. The molecular formula is C12H16ClNO4. The summed E-state index contributed by atoms with van der Waals surface area (Å²) < 4.78 is 5.00. The second-order valence-corrected chi connectivity index (χ2v) is 5.59. The largest absolute Gasteiger partial charge is 0.480 e. The van der Waals surface area contributed by atoms with E-state index in [4.69, 9.17) is 21.1 Å². The second kappa shape index (κ2) is 5.44. The third-order valence-corrected chi connectivity index (χ3v) is 2.27. The first-order valence-electron chi connectivity index (χ1n) is 5.45. The van der Waals surface area contributed by atoms with Crippen LogP contribution in [0.15, 0.2) is 16.5 Å². The highest BCUT2D eigenvalue weighted by Crippen LogP contribution is 2.19. The van der Waals surface area contributed by atoms with E-state index in [9.17, 15) is 9.59 Å². The maximum absolute atomic E-state index is 12.1. The van der Waals surface area contributed by atoms with Crippen LogP contribution in [0.3, 0.4) is 0 Å². The van der Waals surface area contributed by atoms with Gasteiger partial charge in [-0.2, -0.15) is 0 Å². The Morgan fingerprint density at radius 3 is 2.39 bits per heavy atom. The van der Waals surface area contributed by atoms with Gasteiger partial charge < -0.3 is 14.4 Å². The van der Waals surface area contributed by atoms with Crippen molar-refractivity contribution in [3.63, 3.8) is 0 Å². The summed E-state index contributed by atoms with van der Waals surface area (Å²) in [5, 5.41) is 8.93. The van der Waals surface area contributed by atoms with Gasteiger partial charge in [0, 0.05) is 6.54 Å². The molecule has 0 aliphatic carbocycles. The van der Waals surface area contributed by atoms with Gasteiger partial charge in [0.1, 0.15) is 6.54 Å². The van der Waals surface area contributed by atoms with Crippen molar-refractivity contribution in [2.45, 2.75) is 20.8 Å². The van der Waals surface area contributed by atoms with Gasteiger partial charge in [0.2, 0.25) is 0 Å². The summed E-state index contributed by atoms with van der Waals surface area (Å²) in [5.41, 5.74) is -0.207. The van der Waals surface area contributed by atoms with Crippen molar-refractivity contribution in [1.29, 1.82) is 0 Å². The van der Waals surface area contributed by atoms with E-state index in [1.807, 2.05) is 20.8 Å². The van der Waals surface area contributed by atoms with Crippen molar-refractivity contribution in [2.24, 2.45) is 5.41 Å². The van der Waals surface area contributed by atoms with E-state index in [0.29, 0.717) is 6.54 Å². The molecule has 1 aromatic heterocycles. The van der Waals surface area contributed by atoms with E-state index in [1.54, 1.807) is 0 Å². The van der Waals surface area contributed by atoms with Crippen molar-refractivity contribution in [3.8, 4) is 0 Å². The molecule has 0 spiro atoms. The number of carboxylic acids is 1. The number of amides is 1. The molecule has 0 radical (unpaired) electrons. The minimum atomic E-state index is -1.06. The van der Waals surface area contributed by atoms with Gasteiger partial charge in [-0.05, 0) is 29.1 Å². The first kappa shape index (κ1) is 14.6. The van der Waals surface area contributed by atoms with Gasteiger partial charge in [0.15, 0.2) is 11.0 Å². The van der Waals surface area contributed by atoms with Gasteiger partial charge in [-0.15, -0.1) is 0 Å². The molecule has 1 N–H and O–H groups in total. The van der Waals surface area contributed by atoms with Crippen LogP contribution in [0.1, 0.15) is 31.3 Å². The predicted molar refractivity (Wildman–Crippen MR) is 66.7 cm³/mol. The lowest BCUT2D eigenvalue weighted by Crippen LogP contribution is -2.40. The van der Waals surface area contributed by atoms with Crippen LogP contribution in [0.4, 0.5) is 0 Å². The maximum atomic E-state index is 12.1. The molecule has 1 aromatic rings. The lowest BCUT2D eigenvalue weighted by Gasteiger charge is -2.28. The van der Waals surface area contributed by atoms with Crippen LogP contribution < -0.4 is 0 Å². The molecule has 18 heavy (non-hydrogen) atoms. The highest BCUT2D eigenvalue weighted by molar-refractivity contribution is 6.29. The number of carbonyl (C=O) groups excluding carboxylic acids is 1. The summed E-state index contributed by atoms with van der Waals surface area (Å²) in [6.07, 6.45) is 0. The van der Waals surface area contributed by atoms with Crippen LogP contribution in [0.25, 0.3) is 0 Å². The lowest BCUT2D eigenvalue weighted by atomic mass is 9.96. The molecule has 100 valence electrons. The molecule has 1 heterocycles. The number of hydrogen-bond donors (Lipinski definition) is 1. The number of aliphatic carboxylic acids is 1. The van der Waals surface area contributed by atoms with Gasteiger partial charge in [0.25, 0.3) is 5.91 Å². The van der Waals surface area contributed by atoms with Gasteiger partial charge >= 0.3 is 5.97 Å². The molecule has 0 saturated heterocycles. The zero-order valence-corrected chi connectivity index (χ0v) is 11.3. The van der Waals surface area contributed by atoms with Crippen LogP contribution >= 0.6 is 11.6 Å². The van der Waals surface area contributed by atoms with Crippen LogP contribution in [0.5, 0.6) is 0 Å². The molecule has 0 unspecified atom stereocenters. The number of hydrogen-bond acceptors (Lipinski definition) is 3. The SMILES string of the molecule is CC(C)(C)CN(CC(=O)O)C(=O)c1ccc(Cl)o1. The summed E-state index contributed by atoms with van der Waals surface area (Å²) in [5.74, 6) is -1.49. The average Bonchev–Trinajstić information content (AvgIpc) is 2.59. The third kappa shape index (κ3) is 4.41. The van der Waals surface area contributed by atoms with E-state index >= 15 is 0 Å². The van der Waals surface area contributed by atoms with Crippen molar-refractivity contribution in [1.82, 2.24) is 4.90 Å². The molecule has 1 rings (SSSR count). The molecule has 6 heteroatoms. The van der Waals surface area contributed by atoms with Crippen LogP contribution in [0.2, 0.25) is 5.22 Å². The Labute approximate surface area is 110 Å². The minimum absolute atomic E-state index is 0.0468. The zero-order valence-electron chi connectivity index (χ0n) is 10.6. The highest BCUT2D eigenvalue weighted by Gasteiger charge is 2.25. The van der Waals surface area contributed by atoms with Crippen LogP contribution in [-0.2, 0) is 4.79 Å². The predicted octanol–water partition coefficient (Wildman–Crippen LogP) is 2.51. The van der Waals surface area contributed by atoms with E-state index in [-0.39, 0.29) is 22.9 Å². The molecule has 5 nitrogen and oxygen atoms in total. The van der Waals surface area contributed by atoms with Gasteiger partial charge in [-0.3, -0.25) is 9.59 Å². The summed E-state index contributed by atoms with van der Waals surface area (Å²) >= 11 is 5.59. The Kier molecular flexibility index (Phi) is 4.40. The van der Waals surface area contributed by atoms with E-state index in [0.717, 1.165) is 0 Å². The molecule has 0 aromatic carbocycles. The number of nitrogens with zero attached hydrogens (tertiary/aromatic N) is 1. The Morgan fingerprint density at radius 2 is 2.00 bits per heavy atom. The molecule has 1 amide bonds. The summed E-state index contributed by atoms with van der Waals surface area (Å²) in [7, 11) is 0. The quantitative estimate of drug-likeness (QED) is 0.915. The first-order chi connectivity index (χ1) is 8.19. The standard InChI is InChI=1S/C12H16ClNO4/c1-12(2,3)7-14(6-10(15)16)11(17)8-4-5-9(13)18-8/h4-5H,6-7H2,1-3H3,(H,15,16). The van der Waals surface area contributed by atoms with Crippen LogP contribution in [0, 0.1) is 5.41 Å². The van der Waals surface area contributed by atoms with E-state index < -0.39 is 11.9 Å². The topological polar surface area (TPSA) is 70.8 Å². The Balaban J connectivity index is 2.88. The molecule has 0 aliphatic heterocycles. The smallest absolute Gasteiger partial charge is 0.323 e. The summed E-state index contributed by atoms with van der Waals surface area (Å²) in [4.78, 5) is 24.1. The highest BCUT2D eigenvalue weighted by atomic mass is 35.5.